The molecule has 1 saturated heterocycles. The van der Waals surface area contributed by atoms with Gasteiger partial charge in [0.15, 0.2) is 11.6 Å². The fourth-order valence-electron chi connectivity index (χ4n) is 2.35. The summed E-state index contributed by atoms with van der Waals surface area (Å²) >= 11 is 0. The number of pyridine rings is 1. The molecule has 0 aromatic carbocycles. The van der Waals surface area contributed by atoms with Crippen LogP contribution in [0.1, 0.15) is 26.7 Å². The van der Waals surface area contributed by atoms with Gasteiger partial charge >= 0.3 is 0 Å². The number of hydrogen-bond acceptors (Lipinski definition) is 4. The molecule has 1 aromatic rings. The number of hydrogen-bond donors (Lipinski definition) is 1. The summed E-state index contributed by atoms with van der Waals surface area (Å²) in [5, 5.41) is 3.40. The van der Waals surface area contributed by atoms with Crippen LogP contribution in [-0.2, 0) is 0 Å². The van der Waals surface area contributed by atoms with Crippen molar-refractivity contribution in [3.8, 4) is 5.75 Å². The van der Waals surface area contributed by atoms with Gasteiger partial charge in [0.05, 0.1) is 6.61 Å². The second kappa shape index (κ2) is 6.59. The van der Waals surface area contributed by atoms with Gasteiger partial charge in [-0.05, 0) is 51.9 Å². The molecule has 1 fully saturated rings. The van der Waals surface area contributed by atoms with Crippen LogP contribution in [-0.4, -0.2) is 42.2 Å². The highest BCUT2D eigenvalue weighted by atomic mass is 16.5. The fraction of sp³-hybridized carbons (Fsp3) is 0.643. The molecule has 0 spiro atoms. The zero-order valence-corrected chi connectivity index (χ0v) is 11.4. The maximum absolute atomic E-state index is 5.56. The Kier molecular flexibility index (Phi) is 4.81. The number of ether oxygens (including phenoxy) is 1. The van der Waals surface area contributed by atoms with Crippen LogP contribution in [0.15, 0.2) is 18.3 Å². The van der Waals surface area contributed by atoms with Crippen LogP contribution in [0.5, 0.6) is 5.75 Å². The van der Waals surface area contributed by atoms with Gasteiger partial charge in [0.2, 0.25) is 0 Å². The first-order chi connectivity index (χ1) is 8.81. The Morgan fingerprint density at radius 1 is 1.44 bits per heavy atom. The van der Waals surface area contributed by atoms with Gasteiger partial charge in [0.1, 0.15) is 0 Å². The molecule has 4 nitrogen and oxygen atoms in total. The molecule has 0 amide bonds. The quantitative estimate of drug-likeness (QED) is 0.840. The molecule has 1 aliphatic heterocycles. The van der Waals surface area contributed by atoms with Crippen molar-refractivity contribution in [3.63, 3.8) is 0 Å². The molecule has 0 aliphatic carbocycles. The van der Waals surface area contributed by atoms with Crippen molar-refractivity contribution in [3.05, 3.63) is 18.3 Å². The minimum atomic E-state index is 0.545. The predicted molar refractivity (Wildman–Crippen MR) is 74.2 cm³/mol. The second-order valence-corrected chi connectivity index (χ2v) is 4.76. The minimum Gasteiger partial charge on any atom is -0.490 e. The van der Waals surface area contributed by atoms with Gasteiger partial charge in [-0.15, -0.1) is 0 Å². The molecular weight excluding hydrogens is 226 g/mol. The van der Waals surface area contributed by atoms with Crippen molar-refractivity contribution >= 4 is 5.82 Å². The molecule has 18 heavy (non-hydrogen) atoms. The Balaban J connectivity index is 1.88. The predicted octanol–water partition coefficient (Wildman–Crippen LogP) is 2.38. The first-order valence-corrected chi connectivity index (χ1v) is 6.87. The summed E-state index contributed by atoms with van der Waals surface area (Å²) < 4.78 is 5.56. The zero-order valence-electron chi connectivity index (χ0n) is 11.4. The van der Waals surface area contributed by atoms with E-state index in [0.717, 1.165) is 18.1 Å². The number of nitrogens with one attached hydrogen (secondary N) is 1. The maximum atomic E-state index is 5.56. The monoisotopic (exact) mass is 249 g/mol. The summed E-state index contributed by atoms with van der Waals surface area (Å²) in [4.78, 5) is 6.87. The van der Waals surface area contributed by atoms with E-state index in [4.69, 9.17) is 4.74 Å². The molecular formula is C14H23N3O. The van der Waals surface area contributed by atoms with Gasteiger partial charge in [0.25, 0.3) is 0 Å². The lowest BCUT2D eigenvalue weighted by Gasteiger charge is -2.24. The Labute approximate surface area is 109 Å². The average Bonchev–Trinajstić information content (AvgIpc) is 2.92. The third kappa shape index (κ3) is 3.35. The lowest BCUT2D eigenvalue weighted by atomic mass is 10.3. The van der Waals surface area contributed by atoms with Gasteiger partial charge in [-0.1, -0.05) is 0 Å². The third-order valence-electron chi connectivity index (χ3n) is 3.40. The maximum Gasteiger partial charge on any atom is 0.168 e. The number of anilines is 1. The molecule has 0 saturated carbocycles. The van der Waals surface area contributed by atoms with E-state index < -0.39 is 0 Å². The van der Waals surface area contributed by atoms with Crippen molar-refractivity contribution in [1.82, 2.24) is 9.88 Å². The first kappa shape index (κ1) is 13.1. The van der Waals surface area contributed by atoms with Crippen LogP contribution in [0.3, 0.4) is 0 Å². The lowest BCUT2D eigenvalue weighted by Crippen LogP contribution is -2.35. The summed E-state index contributed by atoms with van der Waals surface area (Å²) in [5.41, 5.74) is 0. The Morgan fingerprint density at radius 2 is 2.22 bits per heavy atom. The van der Waals surface area contributed by atoms with Crippen LogP contribution < -0.4 is 10.1 Å². The van der Waals surface area contributed by atoms with E-state index in [1.54, 1.807) is 6.20 Å². The van der Waals surface area contributed by atoms with Crippen molar-refractivity contribution in [1.29, 1.82) is 0 Å². The normalized spacial score (nSPS) is 17.7. The Morgan fingerprint density at radius 3 is 2.94 bits per heavy atom. The fourth-order valence-corrected chi connectivity index (χ4v) is 2.35. The van der Waals surface area contributed by atoms with Gasteiger partial charge in [-0.3, -0.25) is 4.90 Å². The average molecular weight is 249 g/mol. The number of aromatic nitrogens is 1. The van der Waals surface area contributed by atoms with Crippen LogP contribution in [0.2, 0.25) is 0 Å². The van der Waals surface area contributed by atoms with E-state index in [1.807, 2.05) is 19.1 Å². The molecule has 1 aliphatic rings. The minimum absolute atomic E-state index is 0.545. The molecule has 0 bridgehead atoms. The molecule has 0 radical (unpaired) electrons. The van der Waals surface area contributed by atoms with Gasteiger partial charge < -0.3 is 10.1 Å². The van der Waals surface area contributed by atoms with Crippen molar-refractivity contribution in [2.75, 3.05) is 31.6 Å². The van der Waals surface area contributed by atoms with Gasteiger partial charge in [-0.25, -0.2) is 4.98 Å². The summed E-state index contributed by atoms with van der Waals surface area (Å²) in [7, 11) is 0. The summed E-state index contributed by atoms with van der Waals surface area (Å²) in [5.74, 6) is 1.69. The van der Waals surface area contributed by atoms with Crippen molar-refractivity contribution in [2.45, 2.75) is 32.7 Å². The molecule has 1 atom stereocenters. The molecule has 1 unspecified atom stereocenters. The summed E-state index contributed by atoms with van der Waals surface area (Å²) in [6.07, 6.45) is 4.46. The highest BCUT2D eigenvalue weighted by Gasteiger charge is 2.18. The molecule has 2 rings (SSSR count). The molecule has 100 valence electrons. The van der Waals surface area contributed by atoms with E-state index >= 15 is 0 Å². The van der Waals surface area contributed by atoms with Gasteiger partial charge in [0, 0.05) is 18.8 Å². The Bertz CT molecular complexity index is 364. The van der Waals surface area contributed by atoms with Crippen LogP contribution in [0.25, 0.3) is 0 Å². The molecule has 2 heterocycles. The zero-order chi connectivity index (χ0) is 12.8. The van der Waals surface area contributed by atoms with Crippen LogP contribution in [0, 0.1) is 0 Å². The van der Waals surface area contributed by atoms with Crippen LogP contribution >= 0.6 is 0 Å². The number of nitrogens with zero attached hydrogens (tertiary/aromatic N) is 2. The molecule has 4 heteroatoms. The van der Waals surface area contributed by atoms with E-state index in [2.05, 4.69) is 22.1 Å². The highest BCUT2D eigenvalue weighted by molar-refractivity contribution is 5.49. The summed E-state index contributed by atoms with van der Waals surface area (Å²) in [6.45, 7) is 8.29. The second-order valence-electron chi connectivity index (χ2n) is 4.76. The molecule has 1 aromatic heterocycles. The van der Waals surface area contributed by atoms with E-state index in [0.29, 0.717) is 12.6 Å². The molecule has 1 N–H and O–H groups in total. The summed E-state index contributed by atoms with van der Waals surface area (Å²) in [6, 6.07) is 4.41. The standard InChI is InChI=1S/C14H23N3O/c1-3-18-13-7-6-8-15-14(13)16-11-12(2)17-9-4-5-10-17/h6-8,12H,3-5,9-11H2,1-2H3,(H,15,16). The highest BCUT2D eigenvalue weighted by Crippen LogP contribution is 2.21. The van der Waals surface area contributed by atoms with Gasteiger partial charge in [-0.2, -0.15) is 0 Å². The topological polar surface area (TPSA) is 37.4 Å². The van der Waals surface area contributed by atoms with E-state index in [1.165, 1.54) is 25.9 Å². The smallest absolute Gasteiger partial charge is 0.168 e. The van der Waals surface area contributed by atoms with Crippen molar-refractivity contribution in [2.24, 2.45) is 0 Å². The SMILES string of the molecule is CCOc1cccnc1NCC(C)N1CCCC1. The number of likely N-dealkylation sites (tertiary alicyclic amines) is 1. The third-order valence-corrected chi connectivity index (χ3v) is 3.40. The Hall–Kier alpha value is -1.29. The van der Waals surface area contributed by atoms with E-state index in [9.17, 15) is 0 Å². The first-order valence-electron chi connectivity index (χ1n) is 6.87. The largest absolute Gasteiger partial charge is 0.490 e. The number of rotatable bonds is 6. The van der Waals surface area contributed by atoms with E-state index in [-0.39, 0.29) is 0 Å². The van der Waals surface area contributed by atoms with Crippen molar-refractivity contribution < 1.29 is 4.74 Å². The lowest BCUT2D eigenvalue weighted by molar-refractivity contribution is 0.268. The van der Waals surface area contributed by atoms with Crippen LogP contribution in [0.4, 0.5) is 5.82 Å².